The van der Waals surface area contributed by atoms with E-state index in [4.69, 9.17) is 10.7 Å². The van der Waals surface area contributed by atoms with Gasteiger partial charge in [0.15, 0.2) is 11.6 Å². The van der Waals surface area contributed by atoms with Crippen molar-refractivity contribution in [3.8, 4) is 22.6 Å². The molecule has 0 saturated heterocycles. The zero-order chi connectivity index (χ0) is 22.2. The number of anilines is 2. The Balaban J connectivity index is 1.64. The van der Waals surface area contributed by atoms with E-state index in [2.05, 4.69) is 20.4 Å². The Kier molecular flexibility index (Phi) is 4.70. The van der Waals surface area contributed by atoms with Crippen LogP contribution in [0.2, 0.25) is 0 Å². The maximum Gasteiger partial charge on any atom is 0.255 e. The van der Waals surface area contributed by atoms with Gasteiger partial charge in [0.1, 0.15) is 17.1 Å². The third-order valence-electron chi connectivity index (χ3n) is 5.41. The van der Waals surface area contributed by atoms with E-state index in [0.717, 1.165) is 16.6 Å². The van der Waals surface area contributed by atoms with Crippen molar-refractivity contribution in [2.45, 2.75) is 6.54 Å². The molecule has 0 spiro atoms. The molecule has 4 aromatic heterocycles. The van der Waals surface area contributed by atoms with Gasteiger partial charge in [-0.2, -0.15) is 5.10 Å². The van der Waals surface area contributed by atoms with Gasteiger partial charge in [-0.3, -0.25) is 9.48 Å². The minimum atomic E-state index is -0.132. The van der Waals surface area contributed by atoms with Gasteiger partial charge in [-0.05, 0) is 41.8 Å². The van der Waals surface area contributed by atoms with Gasteiger partial charge in [0.25, 0.3) is 5.56 Å². The molecule has 32 heavy (non-hydrogen) atoms. The molecule has 0 amide bonds. The number of hydrogen-bond donors (Lipinski definition) is 3. The summed E-state index contributed by atoms with van der Waals surface area (Å²) < 4.78 is 3.74. The van der Waals surface area contributed by atoms with Crippen LogP contribution in [0, 0.1) is 0 Å². The fourth-order valence-corrected chi connectivity index (χ4v) is 3.69. The standard InChI is InChI=1S/C23H22N8O/c1-30-10-3-4-16(30)13-26-22-21(24)27-20(18-8-11-31(2)29-18)19(28-22)15-5-6-17-14(12-15)7-9-25-23(17)32/h3-12H,13H2,1-2H3,(H2,24,27)(H,25,32)(H,26,28). The van der Waals surface area contributed by atoms with Crippen LogP contribution in [0.25, 0.3) is 33.4 Å². The Morgan fingerprint density at radius 3 is 2.69 bits per heavy atom. The predicted octanol–water partition coefficient (Wildman–Crippen LogP) is 2.92. The lowest BCUT2D eigenvalue weighted by molar-refractivity contribution is 0.770. The number of H-pyrrole nitrogens is 1. The van der Waals surface area contributed by atoms with E-state index in [1.165, 1.54) is 0 Å². The van der Waals surface area contributed by atoms with Crippen LogP contribution in [0.15, 0.2) is 65.8 Å². The molecule has 160 valence electrons. The first-order chi connectivity index (χ1) is 15.5. The number of fused-ring (bicyclic) bond motifs is 1. The van der Waals surface area contributed by atoms with Crippen LogP contribution in [-0.4, -0.2) is 29.3 Å². The molecule has 1 aromatic carbocycles. The van der Waals surface area contributed by atoms with Crippen molar-refractivity contribution in [1.29, 1.82) is 0 Å². The lowest BCUT2D eigenvalue weighted by Gasteiger charge is -2.14. The second-order valence-corrected chi connectivity index (χ2v) is 7.60. The van der Waals surface area contributed by atoms with Crippen LogP contribution in [0.5, 0.6) is 0 Å². The zero-order valence-corrected chi connectivity index (χ0v) is 17.7. The summed E-state index contributed by atoms with van der Waals surface area (Å²) in [6, 6.07) is 13.3. The summed E-state index contributed by atoms with van der Waals surface area (Å²) in [5.41, 5.74) is 9.93. The molecular formula is C23H22N8O. The molecule has 0 saturated carbocycles. The Bertz CT molecular complexity index is 1490. The number of hydrogen-bond acceptors (Lipinski definition) is 6. The van der Waals surface area contributed by atoms with E-state index in [9.17, 15) is 4.79 Å². The third-order valence-corrected chi connectivity index (χ3v) is 5.41. The number of rotatable bonds is 5. The lowest BCUT2D eigenvalue weighted by Crippen LogP contribution is -2.10. The number of benzene rings is 1. The second kappa shape index (κ2) is 7.69. The first kappa shape index (κ1) is 19.6. The minimum Gasteiger partial charge on any atom is -0.381 e. The number of nitrogens with one attached hydrogen (secondary N) is 2. The van der Waals surface area contributed by atoms with Crippen molar-refractivity contribution in [3.63, 3.8) is 0 Å². The summed E-state index contributed by atoms with van der Waals surface area (Å²) in [6.07, 6.45) is 5.46. The highest BCUT2D eigenvalue weighted by Crippen LogP contribution is 2.32. The van der Waals surface area contributed by atoms with Crippen LogP contribution in [0.3, 0.4) is 0 Å². The number of pyridine rings is 1. The van der Waals surface area contributed by atoms with Gasteiger partial charge >= 0.3 is 0 Å². The fraction of sp³-hybridized carbons (Fsp3) is 0.130. The van der Waals surface area contributed by atoms with E-state index < -0.39 is 0 Å². The Hall–Kier alpha value is -4.40. The summed E-state index contributed by atoms with van der Waals surface area (Å²) >= 11 is 0. The smallest absolute Gasteiger partial charge is 0.255 e. The molecule has 4 N–H and O–H groups in total. The molecule has 0 aliphatic rings. The molecule has 9 heteroatoms. The van der Waals surface area contributed by atoms with Crippen molar-refractivity contribution in [2.75, 3.05) is 11.1 Å². The molecular weight excluding hydrogens is 404 g/mol. The average molecular weight is 426 g/mol. The number of aromatic amines is 1. The number of aromatic nitrogens is 6. The van der Waals surface area contributed by atoms with Gasteiger partial charge in [0.05, 0.1) is 6.54 Å². The highest BCUT2D eigenvalue weighted by molar-refractivity contribution is 5.89. The van der Waals surface area contributed by atoms with E-state index in [1.54, 1.807) is 16.9 Å². The maximum atomic E-state index is 12.1. The first-order valence-corrected chi connectivity index (χ1v) is 10.1. The van der Waals surface area contributed by atoms with E-state index in [-0.39, 0.29) is 5.56 Å². The minimum absolute atomic E-state index is 0.132. The normalized spacial score (nSPS) is 11.2. The van der Waals surface area contributed by atoms with Crippen molar-refractivity contribution < 1.29 is 0 Å². The van der Waals surface area contributed by atoms with E-state index >= 15 is 0 Å². The molecule has 0 radical (unpaired) electrons. The summed E-state index contributed by atoms with van der Waals surface area (Å²) in [7, 11) is 3.83. The van der Waals surface area contributed by atoms with Gasteiger partial charge in [0, 0.05) is 49.3 Å². The van der Waals surface area contributed by atoms with Crippen LogP contribution in [0.1, 0.15) is 5.69 Å². The molecule has 4 heterocycles. The van der Waals surface area contributed by atoms with Crippen LogP contribution in [0.4, 0.5) is 11.6 Å². The third kappa shape index (κ3) is 3.49. The van der Waals surface area contributed by atoms with Gasteiger partial charge in [-0.1, -0.05) is 6.07 Å². The Labute approximate surface area is 183 Å². The average Bonchev–Trinajstić information content (AvgIpc) is 3.40. The van der Waals surface area contributed by atoms with Gasteiger partial charge in [-0.15, -0.1) is 0 Å². The number of aryl methyl sites for hydroxylation is 2. The van der Waals surface area contributed by atoms with E-state index in [0.29, 0.717) is 40.6 Å². The summed E-state index contributed by atoms with van der Waals surface area (Å²) in [5, 5.41) is 9.22. The SMILES string of the molecule is Cn1ccc(-c2nc(N)c(NCc3cccn3C)nc2-c2ccc3c(=O)[nH]ccc3c2)n1. The predicted molar refractivity (Wildman–Crippen MR) is 125 cm³/mol. The molecule has 0 aliphatic heterocycles. The molecule has 0 atom stereocenters. The Morgan fingerprint density at radius 2 is 1.94 bits per heavy atom. The molecule has 0 aliphatic carbocycles. The van der Waals surface area contributed by atoms with E-state index in [1.807, 2.05) is 67.5 Å². The van der Waals surface area contributed by atoms with Crippen molar-refractivity contribution >= 4 is 22.4 Å². The van der Waals surface area contributed by atoms with Crippen molar-refractivity contribution in [1.82, 2.24) is 29.3 Å². The fourth-order valence-electron chi connectivity index (χ4n) is 3.69. The van der Waals surface area contributed by atoms with Crippen LogP contribution < -0.4 is 16.6 Å². The van der Waals surface area contributed by atoms with Gasteiger partial charge in [-0.25, -0.2) is 9.97 Å². The summed E-state index contributed by atoms with van der Waals surface area (Å²) in [6.45, 7) is 0.553. The molecule has 5 rings (SSSR count). The van der Waals surface area contributed by atoms with Gasteiger partial charge < -0.3 is 20.6 Å². The summed E-state index contributed by atoms with van der Waals surface area (Å²) in [5.74, 6) is 0.785. The molecule has 0 bridgehead atoms. The first-order valence-electron chi connectivity index (χ1n) is 10.1. The highest BCUT2D eigenvalue weighted by atomic mass is 16.1. The molecule has 0 unspecified atom stereocenters. The quantitative estimate of drug-likeness (QED) is 0.398. The van der Waals surface area contributed by atoms with Crippen LogP contribution in [-0.2, 0) is 20.6 Å². The molecule has 5 aromatic rings. The zero-order valence-electron chi connectivity index (χ0n) is 17.7. The lowest BCUT2D eigenvalue weighted by atomic mass is 10.0. The molecule has 0 fully saturated rings. The topological polar surface area (TPSA) is 119 Å². The number of nitrogen functional groups attached to an aromatic ring is 1. The monoisotopic (exact) mass is 426 g/mol. The maximum absolute atomic E-state index is 12.1. The molecule has 9 nitrogen and oxygen atoms in total. The summed E-state index contributed by atoms with van der Waals surface area (Å²) in [4.78, 5) is 24.3. The van der Waals surface area contributed by atoms with Gasteiger partial charge in [0.2, 0.25) is 0 Å². The largest absolute Gasteiger partial charge is 0.381 e. The Morgan fingerprint density at radius 1 is 1.06 bits per heavy atom. The second-order valence-electron chi connectivity index (χ2n) is 7.60. The van der Waals surface area contributed by atoms with Crippen molar-refractivity contribution in [3.05, 3.63) is 77.1 Å². The number of nitrogens with two attached hydrogens (primary N) is 1. The van der Waals surface area contributed by atoms with Crippen molar-refractivity contribution in [2.24, 2.45) is 14.1 Å². The highest BCUT2D eigenvalue weighted by Gasteiger charge is 2.18. The van der Waals surface area contributed by atoms with Crippen LogP contribution >= 0.6 is 0 Å². The number of nitrogens with zero attached hydrogens (tertiary/aromatic N) is 5.